The number of fused-ring (bicyclic) bond motifs is 1. The van der Waals surface area contributed by atoms with Crippen molar-refractivity contribution >= 4 is 23.1 Å². The minimum Gasteiger partial charge on any atom is -0.256 e. The van der Waals surface area contributed by atoms with E-state index >= 15 is 0 Å². The Labute approximate surface area is 134 Å². The molecule has 0 spiro atoms. The Morgan fingerprint density at radius 1 is 0.792 bits per heavy atom. The summed E-state index contributed by atoms with van der Waals surface area (Å²) >= 11 is 0. The summed E-state index contributed by atoms with van der Waals surface area (Å²) in [6, 6.07) is 6.98. The zero-order valence-electron chi connectivity index (χ0n) is 12.4. The first-order valence-electron chi connectivity index (χ1n) is 6.94. The smallest absolute Gasteiger partial charge is 0.200 e. The normalized spacial score (nSPS) is 11.6. The van der Waals surface area contributed by atoms with E-state index < -0.39 is 34.6 Å². The van der Waals surface area contributed by atoms with E-state index in [1.165, 1.54) is 6.08 Å². The first-order valence-corrected chi connectivity index (χ1v) is 6.94. The van der Waals surface area contributed by atoms with Crippen LogP contribution in [0.5, 0.6) is 0 Å². The molecule has 0 fully saturated rings. The quantitative estimate of drug-likeness (QED) is 0.264. The Balaban J connectivity index is 2.04. The van der Waals surface area contributed by atoms with Gasteiger partial charge in [-0.1, -0.05) is 18.2 Å². The lowest BCUT2D eigenvalue weighted by Gasteiger charge is -2.04. The molecule has 0 aliphatic carbocycles. The highest BCUT2D eigenvalue weighted by Gasteiger charge is 2.24. The van der Waals surface area contributed by atoms with Crippen molar-refractivity contribution in [3.63, 3.8) is 0 Å². The minimum absolute atomic E-state index is 0.516. The van der Waals surface area contributed by atoms with Crippen LogP contribution in [0.1, 0.15) is 16.7 Å². The van der Waals surface area contributed by atoms with Crippen molar-refractivity contribution in [3.05, 3.63) is 76.2 Å². The van der Waals surface area contributed by atoms with Gasteiger partial charge in [-0.3, -0.25) is 4.98 Å². The summed E-state index contributed by atoms with van der Waals surface area (Å²) in [7, 11) is 0. The Bertz CT molecular complexity index is 950. The monoisotopic (exact) mass is 335 g/mol. The lowest BCUT2D eigenvalue weighted by atomic mass is 10.1. The van der Waals surface area contributed by atoms with Crippen LogP contribution in [-0.2, 0) is 0 Å². The average molecular weight is 335 g/mol. The van der Waals surface area contributed by atoms with Gasteiger partial charge >= 0.3 is 0 Å². The molecule has 6 heteroatoms. The molecule has 0 atom stereocenters. The highest BCUT2D eigenvalue weighted by molar-refractivity contribution is 5.83. The summed E-state index contributed by atoms with van der Waals surface area (Å²) in [5, 5.41) is 0.878. The Morgan fingerprint density at radius 2 is 1.42 bits per heavy atom. The molecule has 0 aliphatic heterocycles. The lowest BCUT2D eigenvalue weighted by Crippen LogP contribution is -2.03. The van der Waals surface area contributed by atoms with Crippen LogP contribution in [-0.4, -0.2) is 4.98 Å². The van der Waals surface area contributed by atoms with Gasteiger partial charge in [0.15, 0.2) is 23.3 Å². The van der Waals surface area contributed by atoms with Crippen LogP contribution in [0.2, 0.25) is 0 Å². The van der Waals surface area contributed by atoms with Crippen molar-refractivity contribution in [1.29, 1.82) is 0 Å². The molecule has 122 valence electrons. The number of benzene rings is 2. The highest BCUT2D eigenvalue weighted by Crippen LogP contribution is 2.25. The molecule has 2 aromatic carbocycles. The van der Waals surface area contributed by atoms with Gasteiger partial charge in [-0.15, -0.1) is 0 Å². The Hall–Kier alpha value is -2.76. The van der Waals surface area contributed by atoms with E-state index in [1.807, 2.05) is 13.0 Å². The molecule has 24 heavy (non-hydrogen) atoms. The molecule has 0 saturated heterocycles. The number of nitrogens with zero attached hydrogens (tertiary/aromatic N) is 1. The summed E-state index contributed by atoms with van der Waals surface area (Å²) in [6.07, 6.45) is 3.78. The molecule has 3 rings (SSSR count). The van der Waals surface area contributed by atoms with Gasteiger partial charge < -0.3 is 0 Å². The fourth-order valence-electron chi connectivity index (χ4n) is 2.30. The number of rotatable bonds is 2. The van der Waals surface area contributed by atoms with Crippen LogP contribution in [0.15, 0.2) is 30.5 Å². The second-order valence-corrected chi connectivity index (χ2v) is 5.28. The van der Waals surface area contributed by atoms with Gasteiger partial charge in [0.25, 0.3) is 0 Å². The van der Waals surface area contributed by atoms with E-state index in [2.05, 4.69) is 4.98 Å². The van der Waals surface area contributed by atoms with E-state index in [9.17, 15) is 22.0 Å². The molecule has 0 saturated carbocycles. The maximum Gasteiger partial charge on any atom is 0.200 e. The molecule has 3 aromatic rings. The SMILES string of the molecule is Cc1cnc2cc(/C=C/c3c(F)c(F)c(F)c(F)c3F)ccc2c1. The minimum atomic E-state index is -2.17. The predicted octanol–water partition coefficient (Wildman–Crippen LogP) is 5.41. The van der Waals surface area contributed by atoms with Gasteiger partial charge in [0.05, 0.1) is 11.1 Å². The molecular weight excluding hydrogens is 325 g/mol. The number of aromatic nitrogens is 1. The van der Waals surface area contributed by atoms with E-state index in [0.29, 0.717) is 11.1 Å². The zero-order valence-corrected chi connectivity index (χ0v) is 12.4. The largest absolute Gasteiger partial charge is 0.256 e. The van der Waals surface area contributed by atoms with Crippen molar-refractivity contribution < 1.29 is 22.0 Å². The second-order valence-electron chi connectivity index (χ2n) is 5.28. The van der Waals surface area contributed by atoms with E-state index in [4.69, 9.17) is 0 Å². The molecule has 0 unspecified atom stereocenters. The Morgan fingerprint density at radius 3 is 2.08 bits per heavy atom. The highest BCUT2D eigenvalue weighted by atomic mass is 19.2. The third kappa shape index (κ3) is 2.75. The number of hydrogen-bond acceptors (Lipinski definition) is 1. The molecule has 0 bridgehead atoms. The van der Waals surface area contributed by atoms with Crippen LogP contribution < -0.4 is 0 Å². The van der Waals surface area contributed by atoms with Crippen LogP contribution in [0.4, 0.5) is 22.0 Å². The standard InChI is InChI=1S/C18H10F5N/c1-9-6-11-4-2-10(7-13(11)24-8-9)3-5-12-14(19)16(21)18(23)17(22)15(12)20/h2-8H,1H3/b5-3+. The molecule has 0 amide bonds. The number of pyridine rings is 1. The predicted molar refractivity (Wildman–Crippen MR) is 81.6 cm³/mol. The summed E-state index contributed by atoms with van der Waals surface area (Å²) in [4.78, 5) is 4.22. The number of aryl methyl sites for hydroxylation is 1. The fourth-order valence-corrected chi connectivity index (χ4v) is 2.30. The van der Waals surface area contributed by atoms with Gasteiger partial charge in [0.2, 0.25) is 5.82 Å². The summed E-state index contributed by atoms with van der Waals surface area (Å²) in [5.41, 5.74) is 1.17. The van der Waals surface area contributed by atoms with E-state index in [0.717, 1.165) is 17.0 Å². The topological polar surface area (TPSA) is 12.9 Å². The van der Waals surface area contributed by atoms with Gasteiger partial charge in [-0.2, -0.15) is 0 Å². The van der Waals surface area contributed by atoms with Crippen molar-refractivity contribution in [3.8, 4) is 0 Å². The van der Waals surface area contributed by atoms with Crippen molar-refractivity contribution in [2.45, 2.75) is 6.92 Å². The van der Waals surface area contributed by atoms with Crippen LogP contribution in [0.3, 0.4) is 0 Å². The van der Waals surface area contributed by atoms with E-state index in [-0.39, 0.29) is 0 Å². The first-order chi connectivity index (χ1) is 11.4. The molecule has 0 N–H and O–H groups in total. The fraction of sp³-hybridized carbons (Fsp3) is 0.0556. The van der Waals surface area contributed by atoms with Crippen LogP contribution >= 0.6 is 0 Å². The van der Waals surface area contributed by atoms with E-state index in [1.54, 1.807) is 24.4 Å². The van der Waals surface area contributed by atoms with Crippen molar-refractivity contribution in [1.82, 2.24) is 4.98 Å². The average Bonchev–Trinajstić information content (AvgIpc) is 2.58. The summed E-state index contributed by atoms with van der Waals surface area (Å²) in [6.45, 7) is 1.89. The van der Waals surface area contributed by atoms with Crippen LogP contribution in [0, 0.1) is 36.0 Å². The number of hydrogen-bond donors (Lipinski definition) is 0. The summed E-state index contributed by atoms with van der Waals surface area (Å²) < 4.78 is 66.6. The van der Waals surface area contributed by atoms with Gasteiger partial charge in [0.1, 0.15) is 0 Å². The maximum atomic E-state index is 13.6. The molecular formula is C18H10F5N. The zero-order chi connectivity index (χ0) is 17.4. The van der Waals surface area contributed by atoms with Gasteiger partial charge in [-0.05, 0) is 36.3 Å². The second kappa shape index (κ2) is 6.03. The van der Waals surface area contributed by atoms with Gasteiger partial charge in [-0.25, -0.2) is 22.0 Å². The lowest BCUT2D eigenvalue weighted by molar-refractivity contribution is 0.377. The maximum absolute atomic E-state index is 13.6. The van der Waals surface area contributed by atoms with Crippen molar-refractivity contribution in [2.24, 2.45) is 0 Å². The van der Waals surface area contributed by atoms with Crippen molar-refractivity contribution in [2.75, 3.05) is 0 Å². The Kier molecular flexibility index (Phi) is 4.05. The molecule has 0 radical (unpaired) electrons. The molecule has 1 nitrogen and oxygen atoms in total. The number of halogens is 5. The van der Waals surface area contributed by atoms with Crippen LogP contribution in [0.25, 0.3) is 23.1 Å². The first kappa shape index (κ1) is 16.1. The molecule has 0 aliphatic rings. The van der Waals surface area contributed by atoms with Gasteiger partial charge in [0, 0.05) is 11.6 Å². The third-order valence-electron chi connectivity index (χ3n) is 3.53. The molecule has 1 aromatic heterocycles. The molecule has 1 heterocycles. The third-order valence-corrected chi connectivity index (χ3v) is 3.53. The summed E-state index contributed by atoms with van der Waals surface area (Å²) in [5.74, 6) is -9.84.